The quantitative estimate of drug-likeness (QED) is 0.594. The Bertz CT molecular complexity index is 173. The predicted octanol–water partition coefficient (Wildman–Crippen LogP) is 0.866. The van der Waals surface area contributed by atoms with E-state index in [4.69, 9.17) is 0 Å². The summed E-state index contributed by atoms with van der Waals surface area (Å²) >= 11 is 0. The molecule has 1 N–H and O–H groups in total. The molecule has 0 aliphatic carbocycles. The molecule has 0 fully saturated rings. The molecule has 0 atom stereocenters. The number of hydrogen-bond donors (Lipinski definition) is 1. The Morgan fingerprint density at radius 2 is 2.33 bits per heavy atom. The maximum Gasteiger partial charge on any atom is 0.120 e. The number of hydrogen-bond acceptors (Lipinski definition) is 3. The number of allylic oxidation sites excluding steroid dienone is 1. The molecule has 0 aliphatic rings. The molecule has 0 amide bonds. The molecule has 0 radical (unpaired) electrons. The maximum absolute atomic E-state index is 4.06. The molecule has 12 heavy (non-hydrogen) atoms. The molecule has 3 heteroatoms. The lowest BCUT2D eigenvalue weighted by molar-refractivity contribution is 0.414. The first kappa shape index (κ1) is 10.9. The van der Waals surface area contributed by atoms with Crippen molar-refractivity contribution in [3.8, 4) is 0 Å². The van der Waals surface area contributed by atoms with Crippen LogP contribution in [0.15, 0.2) is 30.0 Å². The van der Waals surface area contributed by atoms with Gasteiger partial charge in [-0.2, -0.15) is 0 Å². The first-order chi connectivity index (χ1) is 5.72. The highest BCUT2D eigenvalue weighted by atomic mass is 15.2. The van der Waals surface area contributed by atoms with Gasteiger partial charge < -0.3 is 10.2 Å². The van der Waals surface area contributed by atoms with Crippen molar-refractivity contribution in [2.24, 2.45) is 4.99 Å². The fourth-order valence-electron chi connectivity index (χ4n) is 0.646. The Morgan fingerprint density at radius 3 is 2.83 bits per heavy atom. The predicted molar refractivity (Wildman–Crippen MR) is 54.4 cm³/mol. The molecule has 0 aliphatic heterocycles. The zero-order valence-corrected chi connectivity index (χ0v) is 7.88. The maximum atomic E-state index is 4.06. The van der Waals surface area contributed by atoms with Crippen molar-refractivity contribution in [3.05, 3.63) is 25.1 Å². The molecule has 3 nitrogen and oxygen atoms in total. The van der Waals surface area contributed by atoms with Crippen LogP contribution < -0.4 is 5.32 Å². The summed E-state index contributed by atoms with van der Waals surface area (Å²) in [4.78, 5) is 6.04. The Morgan fingerprint density at radius 1 is 1.67 bits per heavy atom. The minimum absolute atomic E-state index is 0.755. The van der Waals surface area contributed by atoms with Gasteiger partial charge in [0.2, 0.25) is 0 Å². The van der Waals surface area contributed by atoms with Gasteiger partial charge in [0.15, 0.2) is 0 Å². The highest BCUT2D eigenvalue weighted by Crippen LogP contribution is 1.97. The second-order valence-corrected chi connectivity index (χ2v) is 2.46. The Kier molecular flexibility index (Phi) is 6.01. The zero-order chi connectivity index (χ0) is 9.40. The van der Waals surface area contributed by atoms with E-state index in [0.29, 0.717) is 0 Å². The van der Waals surface area contributed by atoms with Crippen LogP contribution in [-0.4, -0.2) is 38.3 Å². The monoisotopic (exact) mass is 167 g/mol. The van der Waals surface area contributed by atoms with Crippen LogP contribution in [0.4, 0.5) is 0 Å². The number of aliphatic imine (C=N–C) groups is 1. The van der Waals surface area contributed by atoms with Crippen LogP contribution in [0.5, 0.6) is 0 Å². The van der Waals surface area contributed by atoms with Gasteiger partial charge >= 0.3 is 0 Å². The van der Waals surface area contributed by atoms with Crippen molar-refractivity contribution in [2.75, 3.05) is 27.2 Å². The molecule has 0 heterocycles. The van der Waals surface area contributed by atoms with Crippen molar-refractivity contribution in [1.82, 2.24) is 10.2 Å². The van der Waals surface area contributed by atoms with Gasteiger partial charge in [0.05, 0.1) is 0 Å². The van der Waals surface area contributed by atoms with E-state index in [1.54, 1.807) is 12.3 Å². The molecule has 0 saturated carbocycles. The van der Waals surface area contributed by atoms with E-state index >= 15 is 0 Å². The fraction of sp³-hybridized carbons (Fsp3) is 0.444. The number of rotatable bonds is 6. The molecule has 0 aromatic carbocycles. The summed E-state index contributed by atoms with van der Waals surface area (Å²) in [6, 6.07) is 0. The van der Waals surface area contributed by atoms with Crippen LogP contribution >= 0.6 is 0 Å². The van der Waals surface area contributed by atoms with E-state index in [-0.39, 0.29) is 0 Å². The van der Waals surface area contributed by atoms with Crippen LogP contribution in [0, 0.1) is 0 Å². The highest BCUT2D eigenvalue weighted by Gasteiger charge is 1.96. The van der Waals surface area contributed by atoms with E-state index in [0.717, 1.165) is 18.9 Å². The molecular weight excluding hydrogens is 150 g/mol. The molecule has 0 bridgehead atoms. The van der Waals surface area contributed by atoms with E-state index < -0.39 is 0 Å². The molecule has 0 spiro atoms. The zero-order valence-electron chi connectivity index (χ0n) is 7.88. The summed E-state index contributed by atoms with van der Waals surface area (Å²) in [6.07, 6.45) is 3.27. The fourth-order valence-corrected chi connectivity index (χ4v) is 0.646. The molecule has 0 rings (SSSR count). The largest absolute Gasteiger partial charge is 0.359 e. The molecule has 0 aromatic heterocycles. The summed E-state index contributed by atoms with van der Waals surface area (Å²) in [5.41, 5.74) is 0. The van der Waals surface area contributed by atoms with Crippen LogP contribution in [0.1, 0.15) is 0 Å². The van der Waals surface area contributed by atoms with E-state index in [9.17, 15) is 0 Å². The van der Waals surface area contributed by atoms with Gasteiger partial charge in [-0.05, 0) is 7.05 Å². The van der Waals surface area contributed by atoms with Crippen molar-refractivity contribution in [1.29, 1.82) is 0 Å². The van der Waals surface area contributed by atoms with Crippen LogP contribution in [0.2, 0.25) is 0 Å². The van der Waals surface area contributed by atoms with Crippen molar-refractivity contribution >= 4 is 6.21 Å². The van der Waals surface area contributed by atoms with E-state index in [1.165, 1.54) is 0 Å². The average molecular weight is 167 g/mol. The summed E-state index contributed by atoms with van der Waals surface area (Å²) in [6.45, 7) is 9.17. The third-order valence-electron chi connectivity index (χ3n) is 1.47. The second kappa shape index (κ2) is 6.61. The molecule has 0 saturated heterocycles. The second-order valence-electron chi connectivity index (χ2n) is 2.46. The lowest BCUT2D eigenvalue weighted by Crippen LogP contribution is -2.25. The van der Waals surface area contributed by atoms with E-state index in [2.05, 4.69) is 23.5 Å². The molecule has 68 valence electrons. The Balaban J connectivity index is 3.76. The van der Waals surface area contributed by atoms with Gasteiger partial charge in [0, 0.05) is 26.4 Å². The van der Waals surface area contributed by atoms with Gasteiger partial charge in [0.1, 0.15) is 5.82 Å². The minimum Gasteiger partial charge on any atom is -0.359 e. The third-order valence-corrected chi connectivity index (χ3v) is 1.47. The lowest BCUT2D eigenvalue weighted by atomic mass is 10.5. The first-order valence-corrected chi connectivity index (χ1v) is 3.92. The molecular formula is C9H17N3. The van der Waals surface area contributed by atoms with Gasteiger partial charge in [0.25, 0.3) is 0 Å². The number of likely N-dealkylation sites (N-methyl/N-ethyl adjacent to an activating group) is 2. The number of nitrogens with zero attached hydrogens (tertiary/aromatic N) is 2. The normalized spacial score (nSPS) is 10.2. The third kappa shape index (κ3) is 4.68. The topological polar surface area (TPSA) is 27.6 Å². The summed E-state index contributed by atoms with van der Waals surface area (Å²) in [5, 5.41) is 3.05. The highest BCUT2D eigenvalue weighted by molar-refractivity contribution is 5.71. The average Bonchev–Trinajstić information content (AvgIpc) is 2.10. The van der Waals surface area contributed by atoms with Crippen molar-refractivity contribution in [2.45, 2.75) is 0 Å². The van der Waals surface area contributed by atoms with Gasteiger partial charge in [-0.25, -0.2) is 4.99 Å². The van der Waals surface area contributed by atoms with E-state index in [1.807, 2.05) is 19.0 Å². The minimum atomic E-state index is 0.755. The standard InChI is InChI=1S/C9H17N3/c1-5-6-11-9(2)12(4)8-7-10-3/h5-6,10H,1-2,7-8H2,3-4H3/b11-6-. The van der Waals surface area contributed by atoms with Crippen LogP contribution in [0.25, 0.3) is 0 Å². The van der Waals surface area contributed by atoms with Crippen LogP contribution in [0.3, 0.4) is 0 Å². The Labute approximate surface area is 74.5 Å². The van der Waals surface area contributed by atoms with Gasteiger partial charge in [-0.1, -0.05) is 19.2 Å². The molecule has 0 unspecified atom stereocenters. The van der Waals surface area contributed by atoms with Crippen molar-refractivity contribution in [3.63, 3.8) is 0 Å². The summed E-state index contributed by atoms with van der Waals surface area (Å²) in [7, 11) is 3.88. The molecule has 0 aromatic rings. The lowest BCUT2D eigenvalue weighted by Gasteiger charge is -2.17. The summed E-state index contributed by atoms with van der Waals surface area (Å²) in [5.74, 6) is 0.755. The summed E-state index contributed by atoms with van der Waals surface area (Å²) < 4.78 is 0. The number of nitrogens with one attached hydrogen (secondary N) is 1. The Hall–Kier alpha value is -1.09. The van der Waals surface area contributed by atoms with Gasteiger partial charge in [-0.3, -0.25) is 0 Å². The van der Waals surface area contributed by atoms with Crippen LogP contribution in [-0.2, 0) is 0 Å². The SMILES string of the molecule is C=C/C=N\C(=C)N(C)CCNC. The van der Waals surface area contributed by atoms with Crippen molar-refractivity contribution < 1.29 is 0 Å². The smallest absolute Gasteiger partial charge is 0.120 e. The van der Waals surface area contributed by atoms with Gasteiger partial charge in [-0.15, -0.1) is 0 Å². The first-order valence-electron chi connectivity index (χ1n) is 3.92.